The number of aromatic nitrogens is 2. The maximum absolute atomic E-state index is 10.7. The molecule has 0 aliphatic heterocycles. The zero-order valence-corrected chi connectivity index (χ0v) is 11.9. The van der Waals surface area contributed by atoms with Crippen LogP contribution in [0.5, 0.6) is 0 Å². The molecule has 1 aliphatic carbocycles. The molecular formula is C9H13N2NaO2S. The predicted octanol–water partition coefficient (Wildman–Crippen LogP) is -1.90. The summed E-state index contributed by atoms with van der Waals surface area (Å²) in [5.74, 6) is 1.61. The molecule has 0 bridgehead atoms. The quantitative estimate of drug-likeness (QED) is 0.453. The average Bonchev–Trinajstić information content (AvgIpc) is 2.84. The van der Waals surface area contributed by atoms with E-state index in [0.29, 0.717) is 0 Å². The van der Waals surface area contributed by atoms with Gasteiger partial charge in [-0.15, -0.1) is 0 Å². The van der Waals surface area contributed by atoms with Crippen LogP contribution in [0, 0.1) is 5.92 Å². The van der Waals surface area contributed by atoms with E-state index in [0.717, 1.165) is 24.7 Å². The molecule has 1 aliphatic rings. The van der Waals surface area contributed by atoms with E-state index in [2.05, 4.69) is 4.98 Å². The standard InChI is InChI=1S/C9H14N2O2S.Na/c1-2-8-10-9(14(12)13)6-11(8)5-7-3-4-7;/h6-7H,2-5H2,1H3,(H,12,13);/q;+1/p-1. The van der Waals surface area contributed by atoms with Gasteiger partial charge in [0.1, 0.15) is 10.9 Å². The number of nitrogens with zero attached hydrogens (tertiary/aromatic N) is 2. The van der Waals surface area contributed by atoms with Crippen molar-refractivity contribution in [2.24, 2.45) is 5.92 Å². The minimum absolute atomic E-state index is 0. The first-order valence-electron chi connectivity index (χ1n) is 4.86. The summed E-state index contributed by atoms with van der Waals surface area (Å²) >= 11 is -2.20. The molecule has 2 rings (SSSR count). The molecule has 0 radical (unpaired) electrons. The van der Waals surface area contributed by atoms with E-state index in [-0.39, 0.29) is 34.6 Å². The topological polar surface area (TPSA) is 57.9 Å². The Morgan fingerprint density at radius 2 is 2.33 bits per heavy atom. The predicted molar refractivity (Wildman–Crippen MR) is 51.5 cm³/mol. The van der Waals surface area contributed by atoms with Gasteiger partial charge in [0, 0.05) is 19.2 Å². The fourth-order valence-corrected chi connectivity index (χ4v) is 1.92. The molecular weight excluding hydrogens is 223 g/mol. The number of hydrogen-bond donors (Lipinski definition) is 0. The summed E-state index contributed by atoms with van der Waals surface area (Å²) in [6, 6.07) is 0. The summed E-state index contributed by atoms with van der Waals surface area (Å²) in [4.78, 5) is 4.06. The van der Waals surface area contributed by atoms with Gasteiger partial charge >= 0.3 is 29.6 Å². The Hall–Kier alpha value is 0.320. The smallest absolute Gasteiger partial charge is 0.767 e. The summed E-state index contributed by atoms with van der Waals surface area (Å²) in [6.07, 6.45) is 4.94. The zero-order chi connectivity index (χ0) is 10.1. The van der Waals surface area contributed by atoms with Gasteiger partial charge in [-0.2, -0.15) is 0 Å². The summed E-state index contributed by atoms with van der Waals surface area (Å²) in [6.45, 7) is 2.91. The average molecular weight is 236 g/mol. The van der Waals surface area contributed by atoms with Gasteiger partial charge in [-0.05, 0) is 29.8 Å². The summed E-state index contributed by atoms with van der Waals surface area (Å²) in [7, 11) is 0. The Morgan fingerprint density at radius 3 is 2.80 bits per heavy atom. The third kappa shape index (κ3) is 3.39. The second-order valence-electron chi connectivity index (χ2n) is 3.68. The van der Waals surface area contributed by atoms with Crippen LogP contribution in [0.25, 0.3) is 0 Å². The molecule has 6 heteroatoms. The van der Waals surface area contributed by atoms with E-state index in [9.17, 15) is 8.76 Å². The van der Waals surface area contributed by atoms with Crippen molar-refractivity contribution in [2.75, 3.05) is 0 Å². The van der Waals surface area contributed by atoms with Crippen molar-refractivity contribution < 1.29 is 38.3 Å². The van der Waals surface area contributed by atoms with Crippen LogP contribution in [0.1, 0.15) is 25.6 Å². The number of aryl methyl sites for hydroxylation is 1. The fraction of sp³-hybridized carbons (Fsp3) is 0.667. The van der Waals surface area contributed by atoms with E-state index >= 15 is 0 Å². The van der Waals surface area contributed by atoms with Gasteiger partial charge in [0.05, 0.1) is 0 Å². The Balaban J connectivity index is 0.00000112. The van der Waals surface area contributed by atoms with Crippen molar-refractivity contribution in [1.29, 1.82) is 0 Å². The van der Waals surface area contributed by atoms with Gasteiger partial charge < -0.3 is 9.12 Å². The zero-order valence-electron chi connectivity index (χ0n) is 9.10. The van der Waals surface area contributed by atoms with Crippen molar-refractivity contribution in [3.8, 4) is 0 Å². The SMILES string of the molecule is CCc1nc(S(=O)[O-])cn1CC1CC1.[Na+]. The van der Waals surface area contributed by atoms with Gasteiger partial charge in [0.15, 0.2) is 0 Å². The molecule has 1 heterocycles. The number of imidazole rings is 1. The number of rotatable bonds is 4. The van der Waals surface area contributed by atoms with Crippen LogP contribution in [0.3, 0.4) is 0 Å². The molecule has 15 heavy (non-hydrogen) atoms. The molecule has 1 aromatic rings. The first kappa shape index (κ1) is 13.4. The van der Waals surface area contributed by atoms with E-state index in [1.807, 2.05) is 11.5 Å². The molecule has 0 N–H and O–H groups in total. The first-order chi connectivity index (χ1) is 6.70. The van der Waals surface area contributed by atoms with E-state index in [4.69, 9.17) is 0 Å². The van der Waals surface area contributed by atoms with E-state index in [1.165, 1.54) is 12.8 Å². The summed E-state index contributed by atoms with van der Waals surface area (Å²) in [5, 5.41) is 0.169. The minimum Gasteiger partial charge on any atom is -0.767 e. The molecule has 4 nitrogen and oxygen atoms in total. The third-order valence-corrected chi connectivity index (χ3v) is 3.01. The molecule has 0 amide bonds. The van der Waals surface area contributed by atoms with Crippen molar-refractivity contribution in [2.45, 2.75) is 37.8 Å². The first-order valence-corrected chi connectivity index (χ1v) is 5.93. The second kappa shape index (κ2) is 5.59. The van der Waals surface area contributed by atoms with Crippen LogP contribution >= 0.6 is 0 Å². The Labute approximate surface area is 114 Å². The molecule has 0 saturated heterocycles. The summed E-state index contributed by atoms with van der Waals surface area (Å²) in [5.41, 5.74) is 0. The van der Waals surface area contributed by atoms with Gasteiger partial charge in [-0.25, -0.2) is 4.98 Å². The largest absolute Gasteiger partial charge is 1.00 e. The van der Waals surface area contributed by atoms with Crippen LogP contribution in [0.4, 0.5) is 0 Å². The number of hydrogen-bond acceptors (Lipinski definition) is 3. The molecule has 78 valence electrons. The van der Waals surface area contributed by atoms with Crippen molar-refractivity contribution in [3.63, 3.8) is 0 Å². The monoisotopic (exact) mass is 236 g/mol. The second-order valence-corrected chi connectivity index (χ2v) is 4.57. The van der Waals surface area contributed by atoms with Gasteiger partial charge in [-0.3, -0.25) is 4.21 Å². The van der Waals surface area contributed by atoms with Crippen molar-refractivity contribution >= 4 is 11.1 Å². The Morgan fingerprint density at radius 1 is 1.67 bits per heavy atom. The fourth-order valence-electron chi connectivity index (χ4n) is 1.53. The Kier molecular flexibility index (Phi) is 4.99. The maximum Gasteiger partial charge on any atom is 1.00 e. The van der Waals surface area contributed by atoms with Gasteiger partial charge in [0.2, 0.25) is 0 Å². The third-order valence-electron chi connectivity index (χ3n) is 2.48. The molecule has 1 unspecified atom stereocenters. The molecule has 1 saturated carbocycles. The molecule has 1 fully saturated rings. The van der Waals surface area contributed by atoms with Crippen LogP contribution in [0.2, 0.25) is 0 Å². The normalized spacial score (nSPS) is 17.2. The van der Waals surface area contributed by atoms with E-state index in [1.54, 1.807) is 6.20 Å². The van der Waals surface area contributed by atoms with Crippen molar-refractivity contribution in [1.82, 2.24) is 9.55 Å². The molecule has 1 atom stereocenters. The van der Waals surface area contributed by atoms with Crippen LogP contribution < -0.4 is 29.6 Å². The molecule has 0 aromatic carbocycles. The van der Waals surface area contributed by atoms with Crippen LogP contribution in [0.15, 0.2) is 11.2 Å². The summed E-state index contributed by atoms with van der Waals surface area (Å²) < 4.78 is 23.4. The molecule has 1 aromatic heterocycles. The maximum atomic E-state index is 10.7. The molecule has 0 spiro atoms. The van der Waals surface area contributed by atoms with Crippen LogP contribution in [-0.2, 0) is 24.0 Å². The van der Waals surface area contributed by atoms with Gasteiger partial charge in [-0.1, -0.05) is 6.92 Å². The van der Waals surface area contributed by atoms with E-state index < -0.39 is 11.1 Å². The van der Waals surface area contributed by atoms with Crippen molar-refractivity contribution in [3.05, 3.63) is 12.0 Å². The van der Waals surface area contributed by atoms with Crippen LogP contribution in [-0.4, -0.2) is 18.3 Å². The minimum atomic E-state index is -2.20. The van der Waals surface area contributed by atoms with Gasteiger partial charge in [0.25, 0.3) is 0 Å². The Bertz CT molecular complexity index is 363.